The number of halogens is 1. The van der Waals surface area contributed by atoms with Crippen molar-refractivity contribution >= 4 is 31.6 Å². The Kier molecular flexibility index (Phi) is 4.61. The first-order valence-electron chi connectivity index (χ1n) is 5.37. The van der Waals surface area contributed by atoms with E-state index in [1.165, 1.54) is 0 Å². The normalized spacial score (nSPS) is 12.5. The van der Waals surface area contributed by atoms with Crippen LogP contribution in [0.1, 0.15) is 26.3 Å². The van der Waals surface area contributed by atoms with Gasteiger partial charge < -0.3 is 0 Å². The highest BCUT2D eigenvalue weighted by Crippen LogP contribution is 2.19. The highest BCUT2D eigenvalue weighted by Gasteiger charge is 2.21. The molecule has 1 aromatic rings. The lowest BCUT2D eigenvalue weighted by Crippen LogP contribution is -2.26. The molecule has 96 valence electrons. The van der Waals surface area contributed by atoms with Crippen LogP contribution in [0.4, 0.5) is 5.69 Å². The van der Waals surface area contributed by atoms with Crippen molar-refractivity contribution in [2.24, 2.45) is 5.41 Å². The summed E-state index contributed by atoms with van der Waals surface area (Å²) in [6.07, 6.45) is 0. The summed E-state index contributed by atoms with van der Waals surface area (Å²) in [5, 5.41) is 0.766. The van der Waals surface area contributed by atoms with Crippen molar-refractivity contribution in [1.29, 1.82) is 0 Å². The van der Waals surface area contributed by atoms with Gasteiger partial charge in [-0.3, -0.25) is 4.72 Å². The van der Waals surface area contributed by atoms with E-state index in [2.05, 4.69) is 20.7 Å². The van der Waals surface area contributed by atoms with Crippen LogP contribution in [0.25, 0.3) is 0 Å². The summed E-state index contributed by atoms with van der Waals surface area (Å²) in [5.41, 5.74) is 1.48. The van der Waals surface area contributed by atoms with Crippen LogP contribution in [0.5, 0.6) is 0 Å². The minimum Gasteiger partial charge on any atom is -0.284 e. The SMILES string of the molecule is CC(C)(C)CS(=O)(=O)Nc1ccc(CBr)cc1. The molecule has 1 rings (SSSR count). The van der Waals surface area contributed by atoms with Gasteiger partial charge in [-0.2, -0.15) is 0 Å². The van der Waals surface area contributed by atoms with E-state index in [0.29, 0.717) is 5.69 Å². The third-order valence-corrected chi connectivity index (χ3v) is 4.44. The molecule has 0 aliphatic heterocycles. The Balaban J connectivity index is 2.76. The number of benzene rings is 1. The Bertz CT molecular complexity index is 460. The van der Waals surface area contributed by atoms with Crippen LogP contribution in [0.3, 0.4) is 0 Å². The minimum absolute atomic E-state index is 0.111. The lowest BCUT2D eigenvalue weighted by molar-refractivity contribution is 0.463. The molecule has 5 heteroatoms. The predicted molar refractivity (Wildman–Crippen MR) is 75.9 cm³/mol. The van der Waals surface area contributed by atoms with Gasteiger partial charge in [0.05, 0.1) is 5.75 Å². The lowest BCUT2D eigenvalue weighted by atomic mass is 10.0. The Labute approximate surface area is 112 Å². The Morgan fingerprint density at radius 3 is 2.12 bits per heavy atom. The third kappa shape index (κ3) is 5.55. The molecule has 0 spiro atoms. The first-order valence-corrected chi connectivity index (χ1v) is 8.15. The van der Waals surface area contributed by atoms with E-state index in [1.54, 1.807) is 12.1 Å². The summed E-state index contributed by atoms with van der Waals surface area (Å²) in [4.78, 5) is 0. The number of alkyl halides is 1. The molecule has 0 saturated carbocycles. The van der Waals surface area contributed by atoms with Crippen molar-refractivity contribution < 1.29 is 8.42 Å². The van der Waals surface area contributed by atoms with Gasteiger partial charge in [-0.15, -0.1) is 0 Å². The molecule has 0 fully saturated rings. The first kappa shape index (κ1) is 14.5. The molecule has 0 amide bonds. The van der Waals surface area contributed by atoms with Crippen LogP contribution in [-0.4, -0.2) is 14.2 Å². The van der Waals surface area contributed by atoms with Crippen LogP contribution >= 0.6 is 15.9 Å². The Morgan fingerprint density at radius 1 is 1.18 bits per heavy atom. The molecule has 1 aromatic carbocycles. The van der Waals surface area contributed by atoms with E-state index in [1.807, 2.05) is 32.9 Å². The lowest BCUT2D eigenvalue weighted by Gasteiger charge is -2.18. The zero-order valence-corrected chi connectivity index (χ0v) is 12.7. The number of hydrogen-bond acceptors (Lipinski definition) is 2. The fraction of sp³-hybridized carbons (Fsp3) is 0.500. The molecule has 0 heterocycles. The van der Waals surface area contributed by atoms with Crippen molar-refractivity contribution in [2.45, 2.75) is 26.1 Å². The van der Waals surface area contributed by atoms with Gasteiger partial charge in [-0.05, 0) is 23.1 Å². The van der Waals surface area contributed by atoms with Crippen molar-refractivity contribution in [1.82, 2.24) is 0 Å². The summed E-state index contributed by atoms with van der Waals surface area (Å²) in [7, 11) is -3.27. The Hall–Kier alpha value is -0.550. The van der Waals surface area contributed by atoms with Crippen LogP contribution < -0.4 is 4.72 Å². The van der Waals surface area contributed by atoms with Gasteiger partial charge in [0.2, 0.25) is 10.0 Å². The summed E-state index contributed by atoms with van der Waals surface area (Å²) in [6, 6.07) is 7.33. The van der Waals surface area contributed by atoms with E-state index in [9.17, 15) is 8.42 Å². The third-order valence-electron chi connectivity index (χ3n) is 2.00. The van der Waals surface area contributed by atoms with Gasteiger partial charge in [0, 0.05) is 11.0 Å². The zero-order valence-electron chi connectivity index (χ0n) is 10.3. The number of rotatable bonds is 4. The average Bonchev–Trinajstić information content (AvgIpc) is 2.14. The molecular formula is C12H18BrNO2S. The summed E-state index contributed by atoms with van der Waals surface area (Å²) < 4.78 is 26.3. The van der Waals surface area contributed by atoms with Gasteiger partial charge >= 0.3 is 0 Å². The molecule has 0 bridgehead atoms. The maximum atomic E-state index is 11.8. The molecule has 0 aliphatic carbocycles. The van der Waals surface area contributed by atoms with E-state index in [-0.39, 0.29) is 11.2 Å². The Morgan fingerprint density at radius 2 is 1.71 bits per heavy atom. The van der Waals surface area contributed by atoms with E-state index >= 15 is 0 Å². The molecule has 0 unspecified atom stereocenters. The van der Waals surface area contributed by atoms with Crippen molar-refractivity contribution in [2.75, 3.05) is 10.5 Å². The van der Waals surface area contributed by atoms with Crippen molar-refractivity contribution in [3.05, 3.63) is 29.8 Å². The molecule has 0 saturated heterocycles. The van der Waals surface area contributed by atoms with Gasteiger partial charge in [-0.25, -0.2) is 8.42 Å². The molecule has 0 radical (unpaired) electrons. The first-order chi connectivity index (χ1) is 7.72. The molecule has 0 aromatic heterocycles. The minimum atomic E-state index is -3.27. The maximum Gasteiger partial charge on any atom is 0.233 e. The van der Waals surface area contributed by atoms with E-state index < -0.39 is 10.0 Å². The van der Waals surface area contributed by atoms with E-state index in [0.717, 1.165) is 10.9 Å². The fourth-order valence-electron chi connectivity index (χ4n) is 1.45. The molecule has 17 heavy (non-hydrogen) atoms. The van der Waals surface area contributed by atoms with Crippen molar-refractivity contribution in [3.8, 4) is 0 Å². The standard InChI is InChI=1S/C12H18BrNO2S/c1-12(2,3)9-17(15,16)14-11-6-4-10(8-13)5-7-11/h4-7,14H,8-9H2,1-3H3. The number of anilines is 1. The second kappa shape index (κ2) is 5.40. The number of sulfonamides is 1. The summed E-state index contributed by atoms with van der Waals surface area (Å²) in [6.45, 7) is 5.71. The van der Waals surface area contributed by atoms with Crippen LogP contribution in [-0.2, 0) is 15.4 Å². The number of hydrogen-bond donors (Lipinski definition) is 1. The maximum absolute atomic E-state index is 11.8. The molecular weight excluding hydrogens is 302 g/mol. The second-order valence-electron chi connectivity index (χ2n) is 5.25. The predicted octanol–water partition coefficient (Wildman–Crippen LogP) is 3.37. The molecule has 0 atom stereocenters. The quantitative estimate of drug-likeness (QED) is 0.865. The van der Waals surface area contributed by atoms with Crippen LogP contribution in [0.2, 0.25) is 0 Å². The smallest absolute Gasteiger partial charge is 0.233 e. The highest BCUT2D eigenvalue weighted by molar-refractivity contribution is 9.08. The molecule has 0 aliphatic rings. The van der Waals surface area contributed by atoms with Crippen LogP contribution in [0, 0.1) is 5.41 Å². The second-order valence-corrected chi connectivity index (χ2v) is 7.54. The molecule has 1 N–H and O–H groups in total. The largest absolute Gasteiger partial charge is 0.284 e. The average molecular weight is 320 g/mol. The summed E-state index contributed by atoms with van der Waals surface area (Å²) >= 11 is 3.34. The monoisotopic (exact) mass is 319 g/mol. The van der Waals surface area contributed by atoms with Crippen molar-refractivity contribution in [3.63, 3.8) is 0 Å². The van der Waals surface area contributed by atoms with Gasteiger partial charge in [0.25, 0.3) is 0 Å². The topological polar surface area (TPSA) is 46.2 Å². The zero-order chi connectivity index (χ0) is 13.1. The van der Waals surface area contributed by atoms with Gasteiger partial charge in [-0.1, -0.05) is 48.8 Å². The van der Waals surface area contributed by atoms with Crippen LogP contribution in [0.15, 0.2) is 24.3 Å². The van der Waals surface area contributed by atoms with Gasteiger partial charge in [0.15, 0.2) is 0 Å². The number of nitrogens with one attached hydrogen (secondary N) is 1. The molecule has 3 nitrogen and oxygen atoms in total. The van der Waals surface area contributed by atoms with E-state index in [4.69, 9.17) is 0 Å². The van der Waals surface area contributed by atoms with Gasteiger partial charge in [0.1, 0.15) is 0 Å². The highest BCUT2D eigenvalue weighted by atomic mass is 79.9. The summed E-state index contributed by atoms with van der Waals surface area (Å²) in [5.74, 6) is 0.111. The fourth-order valence-corrected chi connectivity index (χ4v) is 3.53.